The van der Waals surface area contributed by atoms with Gasteiger partial charge >= 0.3 is 0 Å². The van der Waals surface area contributed by atoms with Crippen molar-refractivity contribution >= 4 is 0 Å². The maximum Gasteiger partial charge on any atom is 0.123 e. The van der Waals surface area contributed by atoms with Crippen molar-refractivity contribution in [3.05, 3.63) is 65.0 Å². The lowest BCUT2D eigenvalue weighted by Crippen LogP contribution is -2.32. The number of hydrogen-bond donors (Lipinski definition) is 0. The second kappa shape index (κ2) is 9.18. The molecule has 0 amide bonds. The molecule has 0 heterocycles. The van der Waals surface area contributed by atoms with Crippen LogP contribution in [-0.4, -0.2) is 31.6 Å². The maximum atomic E-state index is 13.4. The van der Waals surface area contributed by atoms with Crippen molar-refractivity contribution in [2.45, 2.75) is 44.9 Å². The third-order valence-electron chi connectivity index (χ3n) is 5.41. The van der Waals surface area contributed by atoms with Crippen molar-refractivity contribution in [1.29, 1.82) is 0 Å². The van der Waals surface area contributed by atoms with Crippen LogP contribution in [0, 0.1) is 5.82 Å². The SMILES string of the molecule is CCCN(CCc1cccc(F)c1)CC1CCCc2cc(OC)ccc21. The largest absolute Gasteiger partial charge is 0.497 e. The molecule has 2 aromatic carbocycles. The van der Waals surface area contributed by atoms with Crippen LogP contribution in [0.25, 0.3) is 0 Å². The molecule has 2 aromatic rings. The minimum absolute atomic E-state index is 0.139. The second-order valence-corrected chi connectivity index (χ2v) is 7.33. The fourth-order valence-corrected chi connectivity index (χ4v) is 4.11. The van der Waals surface area contributed by atoms with E-state index in [9.17, 15) is 4.39 Å². The fourth-order valence-electron chi connectivity index (χ4n) is 4.11. The zero-order valence-electron chi connectivity index (χ0n) is 16.0. The van der Waals surface area contributed by atoms with E-state index in [2.05, 4.69) is 30.0 Å². The summed E-state index contributed by atoms with van der Waals surface area (Å²) in [6, 6.07) is 13.6. The second-order valence-electron chi connectivity index (χ2n) is 7.33. The van der Waals surface area contributed by atoms with Gasteiger partial charge in [0.2, 0.25) is 0 Å². The predicted octanol–water partition coefficient (Wildman–Crippen LogP) is 5.21. The van der Waals surface area contributed by atoms with E-state index in [0.717, 1.165) is 50.2 Å². The van der Waals surface area contributed by atoms with Gasteiger partial charge in [0.05, 0.1) is 7.11 Å². The van der Waals surface area contributed by atoms with E-state index >= 15 is 0 Å². The number of halogens is 1. The molecule has 3 heteroatoms. The first-order chi connectivity index (χ1) is 12.7. The maximum absolute atomic E-state index is 13.4. The van der Waals surface area contributed by atoms with Gasteiger partial charge in [-0.2, -0.15) is 0 Å². The molecule has 3 rings (SSSR count). The van der Waals surface area contributed by atoms with E-state index in [1.807, 2.05) is 6.07 Å². The summed E-state index contributed by atoms with van der Waals surface area (Å²) in [6.07, 6.45) is 5.69. The van der Waals surface area contributed by atoms with Gasteiger partial charge in [0.15, 0.2) is 0 Å². The van der Waals surface area contributed by atoms with Gasteiger partial charge in [-0.25, -0.2) is 4.39 Å². The van der Waals surface area contributed by atoms with Crippen LogP contribution in [0.2, 0.25) is 0 Å². The Morgan fingerprint density at radius 3 is 2.81 bits per heavy atom. The van der Waals surface area contributed by atoms with Crippen molar-refractivity contribution < 1.29 is 9.13 Å². The molecule has 0 aliphatic heterocycles. The molecule has 1 aliphatic carbocycles. The Bertz CT molecular complexity index is 715. The smallest absolute Gasteiger partial charge is 0.123 e. The zero-order valence-corrected chi connectivity index (χ0v) is 16.0. The molecule has 0 aromatic heterocycles. The highest BCUT2D eigenvalue weighted by Gasteiger charge is 2.22. The summed E-state index contributed by atoms with van der Waals surface area (Å²) in [7, 11) is 1.73. The van der Waals surface area contributed by atoms with Gasteiger partial charge in [-0.05, 0) is 85.5 Å². The normalized spacial score (nSPS) is 16.5. The number of methoxy groups -OCH3 is 1. The van der Waals surface area contributed by atoms with Crippen LogP contribution in [0.3, 0.4) is 0 Å². The number of nitrogens with zero attached hydrogens (tertiary/aromatic N) is 1. The molecule has 1 aliphatic rings. The average molecular weight is 355 g/mol. The molecule has 0 fully saturated rings. The molecule has 0 radical (unpaired) electrons. The first-order valence-corrected chi connectivity index (χ1v) is 9.83. The van der Waals surface area contributed by atoms with Crippen LogP contribution in [0.15, 0.2) is 42.5 Å². The van der Waals surface area contributed by atoms with E-state index in [1.54, 1.807) is 19.2 Å². The van der Waals surface area contributed by atoms with Crippen molar-refractivity contribution in [1.82, 2.24) is 4.90 Å². The summed E-state index contributed by atoms with van der Waals surface area (Å²) in [4.78, 5) is 2.55. The van der Waals surface area contributed by atoms with Gasteiger partial charge in [0, 0.05) is 13.1 Å². The summed E-state index contributed by atoms with van der Waals surface area (Å²) >= 11 is 0. The lowest BCUT2D eigenvalue weighted by Gasteiger charge is -2.31. The summed E-state index contributed by atoms with van der Waals surface area (Å²) in [5.41, 5.74) is 4.02. The molecule has 0 bridgehead atoms. The molecule has 0 saturated heterocycles. The van der Waals surface area contributed by atoms with E-state index in [4.69, 9.17) is 4.74 Å². The summed E-state index contributed by atoms with van der Waals surface area (Å²) < 4.78 is 18.8. The van der Waals surface area contributed by atoms with Crippen molar-refractivity contribution in [2.75, 3.05) is 26.7 Å². The minimum atomic E-state index is -0.139. The van der Waals surface area contributed by atoms with Gasteiger partial charge in [-0.3, -0.25) is 0 Å². The van der Waals surface area contributed by atoms with Crippen LogP contribution in [0.4, 0.5) is 4.39 Å². The Morgan fingerprint density at radius 1 is 1.15 bits per heavy atom. The highest BCUT2D eigenvalue weighted by molar-refractivity contribution is 5.39. The Kier molecular flexibility index (Phi) is 6.67. The highest BCUT2D eigenvalue weighted by atomic mass is 19.1. The van der Waals surface area contributed by atoms with Gasteiger partial charge in [-0.1, -0.05) is 25.1 Å². The molecule has 0 saturated carbocycles. The van der Waals surface area contributed by atoms with E-state index in [-0.39, 0.29) is 5.82 Å². The lowest BCUT2D eigenvalue weighted by atomic mass is 9.82. The van der Waals surface area contributed by atoms with Gasteiger partial charge in [-0.15, -0.1) is 0 Å². The van der Waals surface area contributed by atoms with Gasteiger partial charge in [0.1, 0.15) is 11.6 Å². The quantitative estimate of drug-likeness (QED) is 0.644. The monoisotopic (exact) mass is 355 g/mol. The zero-order chi connectivity index (χ0) is 18.4. The van der Waals surface area contributed by atoms with E-state index in [0.29, 0.717) is 5.92 Å². The molecule has 26 heavy (non-hydrogen) atoms. The van der Waals surface area contributed by atoms with Gasteiger partial charge in [0.25, 0.3) is 0 Å². The molecule has 1 unspecified atom stereocenters. The summed E-state index contributed by atoms with van der Waals surface area (Å²) in [5.74, 6) is 1.41. The Hall–Kier alpha value is -1.87. The minimum Gasteiger partial charge on any atom is -0.497 e. The van der Waals surface area contributed by atoms with Crippen molar-refractivity contribution in [3.8, 4) is 5.75 Å². The number of benzene rings is 2. The number of hydrogen-bond acceptors (Lipinski definition) is 2. The Labute approximate surface area is 157 Å². The topological polar surface area (TPSA) is 12.5 Å². The number of aryl methyl sites for hydroxylation is 1. The van der Waals surface area contributed by atoms with Crippen LogP contribution in [0.5, 0.6) is 5.75 Å². The van der Waals surface area contributed by atoms with Crippen molar-refractivity contribution in [2.24, 2.45) is 0 Å². The molecule has 0 N–H and O–H groups in total. The molecule has 1 atom stereocenters. The van der Waals surface area contributed by atoms with Crippen molar-refractivity contribution in [3.63, 3.8) is 0 Å². The molecule has 2 nitrogen and oxygen atoms in total. The summed E-state index contributed by atoms with van der Waals surface area (Å²) in [6.45, 7) is 5.40. The van der Waals surface area contributed by atoms with Crippen LogP contribution >= 0.6 is 0 Å². The summed E-state index contributed by atoms with van der Waals surface area (Å²) in [5, 5.41) is 0. The highest BCUT2D eigenvalue weighted by Crippen LogP contribution is 2.34. The Balaban J connectivity index is 1.66. The van der Waals surface area contributed by atoms with Crippen LogP contribution < -0.4 is 4.74 Å². The van der Waals surface area contributed by atoms with E-state index < -0.39 is 0 Å². The van der Waals surface area contributed by atoms with E-state index in [1.165, 1.54) is 30.0 Å². The standard InChI is InChI=1S/C23H30FNO/c1-3-13-25(14-12-18-6-4-9-21(24)15-18)17-20-8-5-7-19-16-22(26-2)10-11-23(19)20/h4,6,9-11,15-16,20H,3,5,7-8,12-14,17H2,1-2H3. The van der Waals surface area contributed by atoms with Crippen LogP contribution in [0.1, 0.15) is 48.8 Å². The molecule has 0 spiro atoms. The number of ether oxygens (including phenoxy) is 1. The number of fused-ring (bicyclic) bond motifs is 1. The van der Waals surface area contributed by atoms with Crippen LogP contribution in [-0.2, 0) is 12.8 Å². The third-order valence-corrected chi connectivity index (χ3v) is 5.41. The number of rotatable bonds is 8. The average Bonchev–Trinajstić information content (AvgIpc) is 2.66. The molecular formula is C23H30FNO. The fraction of sp³-hybridized carbons (Fsp3) is 0.478. The lowest BCUT2D eigenvalue weighted by molar-refractivity contribution is 0.250. The van der Waals surface area contributed by atoms with Gasteiger partial charge < -0.3 is 9.64 Å². The third kappa shape index (κ3) is 4.85. The molecular weight excluding hydrogens is 325 g/mol. The Morgan fingerprint density at radius 2 is 2.04 bits per heavy atom. The predicted molar refractivity (Wildman–Crippen MR) is 106 cm³/mol. The molecule has 140 valence electrons. The first-order valence-electron chi connectivity index (χ1n) is 9.83. The first kappa shape index (κ1) is 18.9.